The summed E-state index contributed by atoms with van der Waals surface area (Å²) in [6, 6.07) is 0. The second-order valence-electron chi connectivity index (χ2n) is 3.87. The van der Waals surface area contributed by atoms with Gasteiger partial charge in [0.05, 0.1) is 12.3 Å². The summed E-state index contributed by atoms with van der Waals surface area (Å²) in [5, 5.41) is 0. The number of hydrogen-bond donors (Lipinski definition) is 1. The van der Waals surface area contributed by atoms with Crippen LogP contribution in [0.2, 0.25) is 0 Å². The van der Waals surface area contributed by atoms with E-state index in [2.05, 4.69) is 25.4 Å². The van der Waals surface area contributed by atoms with Gasteiger partial charge >= 0.3 is 0 Å². The van der Waals surface area contributed by atoms with Crippen LogP contribution in [0.3, 0.4) is 0 Å². The van der Waals surface area contributed by atoms with Crippen LogP contribution in [0.5, 0.6) is 0 Å². The lowest BCUT2D eigenvalue weighted by atomic mass is 10.1. The van der Waals surface area contributed by atoms with Crippen LogP contribution in [0.25, 0.3) is 0 Å². The minimum atomic E-state index is 0.305. The van der Waals surface area contributed by atoms with Crippen molar-refractivity contribution in [3.05, 3.63) is 24.2 Å². The highest BCUT2D eigenvalue weighted by Crippen LogP contribution is 2.06. The highest BCUT2D eigenvalue weighted by molar-refractivity contribution is 5.96. The van der Waals surface area contributed by atoms with Gasteiger partial charge in [-0.05, 0) is 32.3 Å². The van der Waals surface area contributed by atoms with Crippen LogP contribution >= 0.6 is 0 Å². The molecule has 0 saturated carbocycles. The van der Waals surface area contributed by atoms with Crippen molar-refractivity contribution in [2.45, 2.75) is 34.1 Å². The summed E-state index contributed by atoms with van der Waals surface area (Å²) in [6.07, 6.45) is 2.93. The van der Waals surface area contributed by atoms with Crippen LogP contribution < -0.4 is 5.73 Å². The molecule has 86 valence electrons. The molecule has 3 nitrogen and oxygen atoms in total. The van der Waals surface area contributed by atoms with Gasteiger partial charge in [-0.25, -0.2) is 4.99 Å². The highest BCUT2D eigenvalue weighted by atomic mass is 16.5. The highest BCUT2D eigenvalue weighted by Gasteiger charge is 2.02. The summed E-state index contributed by atoms with van der Waals surface area (Å²) in [5.41, 5.74) is 6.17. The van der Waals surface area contributed by atoms with Crippen molar-refractivity contribution < 1.29 is 4.74 Å². The average molecular weight is 210 g/mol. The minimum absolute atomic E-state index is 0.305. The average Bonchev–Trinajstić information content (AvgIpc) is 2.10. The summed E-state index contributed by atoms with van der Waals surface area (Å²) in [4.78, 5) is 4.05. The SMILES string of the molecule is C=C(N)/N=C(C)\C(=C/C)OCCC(C)C. The Morgan fingerprint density at radius 2 is 2.13 bits per heavy atom. The third-order valence-electron chi connectivity index (χ3n) is 1.88. The zero-order valence-electron chi connectivity index (χ0n) is 10.2. The largest absolute Gasteiger partial charge is 0.492 e. The van der Waals surface area contributed by atoms with E-state index in [4.69, 9.17) is 10.5 Å². The molecule has 0 radical (unpaired) electrons. The van der Waals surface area contributed by atoms with Gasteiger partial charge in [-0.1, -0.05) is 20.4 Å². The van der Waals surface area contributed by atoms with E-state index in [9.17, 15) is 0 Å². The molecule has 0 aliphatic heterocycles. The molecule has 0 spiro atoms. The Kier molecular flexibility index (Phi) is 6.50. The number of nitrogens with zero attached hydrogens (tertiary/aromatic N) is 1. The molecule has 0 fully saturated rings. The van der Waals surface area contributed by atoms with Gasteiger partial charge in [-0.2, -0.15) is 0 Å². The first kappa shape index (κ1) is 13.8. The summed E-state index contributed by atoms with van der Waals surface area (Å²) < 4.78 is 5.60. The van der Waals surface area contributed by atoms with Crippen LogP contribution in [0.4, 0.5) is 0 Å². The molecule has 0 aliphatic rings. The maximum absolute atomic E-state index is 5.60. The van der Waals surface area contributed by atoms with Gasteiger partial charge in [0.25, 0.3) is 0 Å². The molecule has 2 N–H and O–H groups in total. The van der Waals surface area contributed by atoms with Gasteiger partial charge in [-0.3, -0.25) is 0 Å². The Balaban J connectivity index is 4.21. The molecule has 0 aromatic carbocycles. The Morgan fingerprint density at radius 1 is 1.53 bits per heavy atom. The van der Waals surface area contributed by atoms with Crippen molar-refractivity contribution in [3.63, 3.8) is 0 Å². The molecule has 0 aromatic heterocycles. The third-order valence-corrected chi connectivity index (χ3v) is 1.88. The Labute approximate surface area is 92.7 Å². The fourth-order valence-corrected chi connectivity index (χ4v) is 1.07. The van der Waals surface area contributed by atoms with Crippen molar-refractivity contribution in [1.29, 1.82) is 0 Å². The molecule has 0 aliphatic carbocycles. The van der Waals surface area contributed by atoms with E-state index in [1.807, 2.05) is 19.9 Å². The van der Waals surface area contributed by atoms with E-state index in [1.54, 1.807) is 0 Å². The molecule has 0 amide bonds. The van der Waals surface area contributed by atoms with Crippen molar-refractivity contribution in [2.75, 3.05) is 6.61 Å². The maximum atomic E-state index is 5.60. The first-order valence-electron chi connectivity index (χ1n) is 5.26. The minimum Gasteiger partial charge on any atom is -0.492 e. The van der Waals surface area contributed by atoms with Crippen LogP contribution in [0, 0.1) is 5.92 Å². The summed E-state index contributed by atoms with van der Waals surface area (Å²) in [6.45, 7) is 12.4. The molecule has 0 bridgehead atoms. The second kappa shape index (κ2) is 7.10. The van der Waals surface area contributed by atoms with E-state index in [0.29, 0.717) is 18.3 Å². The molecule has 0 saturated heterocycles. The van der Waals surface area contributed by atoms with Gasteiger partial charge in [0, 0.05) is 0 Å². The smallest absolute Gasteiger partial charge is 0.136 e. The molecule has 0 aromatic rings. The van der Waals surface area contributed by atoms with Gasteiger partial charge in [0.1, 0.15) is 11.6 Å². The van der Waals surface area contributed by atoms with Crippen LogP contribution in [0.15, 0.2) is 29.2 Å². The molecule has 0 rings (SSSR count). The van der Waals surface area contributed by atoms with Crippen molar-refractivity contribution >= 4 is 5.71 Å². The number of ether oxygens (including phenoxy) is 1. The summed E-state index contributed by atoms with van der Waals surface area (Å²) in [7, 11) is 0. The molecular weight excluding hydrogens is 188 g/mol. The Morgan fingerprint density at radius 3 is 2.53 bits per heavy atom. The lowest BCUT2D eigenvalue weighted by molar-refractivity contribution is 0.212. The van der Waals surface area contributed by atoms with Crippen molar-refractivity contribution in [3.8, 4) is 0 Å². The standard InChI is InChI=1S/C12H22N2O/c1-6-12(10(4)14-11(5)13)15-8-7-9(2)3/h6,9H,5,7-8,13H2,1-4H3/b12-6+,14-10-. The topological polar surface area (TPSA) is 47.6 Å². The molecule has 15 heavy (non-hydrogen) atoms. The van der Waals surface area contributed by atoms with Crippen molar-refractivity contribution in [2.24, 2.45) is 16.6 Å². The zero-order valence-corrected chi connectivity index (χ0v) is 10.2. The normalized spacial score (nSPS) is 13.1. The van der Waals surface area contributed by atoms with E-state index in [1.165, 1.54) is 0 Å². The third kappa shape index (κ3) is 6.77. The van der Waals surface area contributed by atoms with Gasteiger partial charge in [0.2, 0.25) is 0 Å². The first-order valence-corrected chi connectivity index (χ1v) is 5.26. The molecular formula is C12H22N2O. The predicted molar refractivity (Wildman–Crippen MR) is 65.6 cm³/mol. The van der Waals surface area contributed by atoms with Crippen molar-refractivity contribution in [1.82, 2.24) is 0 Å². The van der Waals surface area contributed by atoms with Crippen LogP contribution in [0.1, 0.15) is 34.1 Å². The monoisotopic (exact) mass is 210 g/mol. The number of aliphatic imine (C=N–C) groups is 1. The second-order valence-corrected chi connectivity index (χ2v) is 3.87. The van der Waals surface area contributed by atoms with E-state index in [0.717, 1.165) is 17.9 Å². The quantitative estimate of drug-likeness (QED) is 0.541. The van der Waals surface area contributed by atoms with E-state index < -0.39 is 0 Å². The van der Waals surface area contributed by atoms with Crippen LogP contribution in [-0.4, -0.2) is 12.3 Å². The maximum Gasteiger partial charge on any atom is 0.136 e. The van der Waals surface area contributed by atoms with Gasteiger partial charge in [-0.15, -0.1) is 0 Å². The molecule has 0 atom stereocenters. The molecule has 3 heteroatoms. The van der Waals surface area contributed by atoms with Crippen LogP contribution in [-0.2, 0) is 4.74 Å². The summed E-state index contributed by atoms with van der Waals surface area (Å²) >= 11 is 0. The van der Waals surface area contributed by atoms with E-state index >= 15 is 0 Å². The number of nitrogens with two attached hydrogens (primary N) is 1. The Hall–Kier alpha value is -1.25. The number of rotatable bonds is 6. The first-order chi connectivity index (χ1) is 6.97. The lowest BCUT2D eigenvalue weighted by Gasteiger charge is -2.11. The zero-order chi connectivity index (χ0) is 11.8. The predicted octanol–water partition coefficient (Wildman–Crippen LogP) is 2.84. The fourth-order valence-electron chi connectivity index (χ4n) is 1.07. The lowest BCUT2D eigenvalue weighted by Crippen LogP contribution is -2.07. The van der Waals surface area contributed by atoms with Gasteiger partial charge < -0.3 is 10.5 Å². The summed E-state index contributed by atoms with van der Waals surface area (Å²) in [5.74, 6) is 1.73. The number of hydrogen-bond acceptors (Lipinski definition) is 3. The number of allylic oxidation sites excluding steroid dienone is 2. The fraction of sp³-hybridized carbons (Fsp3) is 0.583. The molecule has 0 heterocycles. The van der Waals surface area contributed by atoms with Gasteiger partial charge in [0.15, 0.2) is 0 Å². The Bertz CT molecular complexity index is 265. The van der Waals surface area contributed by atoms with E-state index in [-0.39, 0.29) is 0 Å². The molecule has 0 unspecified atom stereocenters.